The second-order valence-corrected chi connectivity index (χ2v) is 4.38. The quantitative estimate of drug-likeness (QED) is 0.581. The van der Waals surface area contributed by atoms with E-state index in [0.717, 1.165) is 11.8 Å². The van der Waals surface area contributed by atoms with Crippen LogP contribution < -0.4 is 0 Å². The van der Waals surface area contributed by atoms with E-state index < -0.39 is 12.3 Å². The number of hydrogen-bond acceptors (Lipinski definition) is 2. The predicted molar refractivity (Wildman–Crippen MR) is 58.6 cm³/mol. The minimum Gasteiger partial charge on any atom is -0.368 e. The average Bonchev–Trinajstić information content (AvgIpc) is 2.24. The highest BCUT2D eigenvalue weighted by atomic mass is 32.2. The standard InChI is InChI=1S/C11H13F3OS/c1-9(11(12,13)14)15-7-8-16-10-5-3-2-4-6-10/h2-6,9H,7-8H2,1H3. The predicted octanol–water partition coefficient (Wildman–Crippen LogP) is 3.75. The first kappa shape index (κ1) is 13.4. The van der Waals surface area contributed by atoms with Crippen LogP contribution in [0.1, 0.15) is 6.92 Å². The monoisotopic (exact) mass is 250 g/mol. The highest BCUT2D eigenvalue weighted by Crippen LogP contribution is 2.23. The van der Waals surface area contributed by atoms with E-state index in [4.69, 9.17) is 0 Å². The first-order valence-electron chi connectivity index (χ1n) is 4.86. The fraction of sp³-hybridized carbons (Fsp3) is 0.455. The third-order valence-electron chi connectivity index (χ3n) is 1.92. The summed E-state index contributed by atoms with van der Waals surface area (Å²) < 4.78 is 40.9. The van der Waals surface area contributed by atoms with Gasteiger partial charge in [-0.2, -0.15) is 13.2 Å². The Kier molecular flexibility index (Phi) is 5.15. The van der Waals surface area contributed by atoms with E-state index in [1.54, 1.807) is 0 Å². The van der Waals surface area contributed by atoms with Crippen LogP contribution in [0.5, 0.6) is 0 Å². The maximum Gasteiger partial charge on any atom is 0.414 e. The maximum atomic E-state index is 12.1. The number of rotatable bonds is 5. The summed E-state index contributed by atoms with van der Waals surface area (Å²) in [4.78, 5) is 1.03. The van der Waals surface area contributed by atoms with Gasteiger partial charge >= 0.3 is 6.18 Å². The van der Waals surface area contributed by atoms with Crippen molar-refractivity contribution in [2.45, 2.75) is 24.1 Å². The van der Waals surface area contributed by atoms with Crippen LogP contribution in [0.3, 0.4) is 0 Å². The van der Waals surface area contributed by atoms with Crippen LogP contribution in [0, 0.1) is 0 Å². The van der Waals surface area contributed by atoms with Crippen LogP contribution >= 0.6 is 11.8 Å². The van der Waals surface area contributed by atoms with Crippen LogP contribution in [0.2, 0.25) is 0 Å². The van der Waals surface area contributed by atoms with Crippen molar-refractivity contribution in [2.24, 2.45) is 0 Å². The van der Waals surface area contributed by atoms with Crippen molar-refractivity contribution in [3.05, 3.63) is 30.3 Å². The maximum absolute atomic E-state index is 12.1. The van der Waals surface area contributed by atoms with E-state index in [0.29, 0.717) is 5.75 Å². The molecular formula is C11H13F3OS. The third kappa shape index (κ3) is 4.90. The summed E-state index contributed by atoms with van der Waals surface area (Å²) in [6, 6.07) is 9.51. The first-order valence-corrected chi connectivity index (χ1v) is 5.85. The number of ether oxygens (including phenoxy) is 1. The van der Waals surface area contributed by atoms with Gasteiger partial charge in [-0.25, -0.2) is 0 Å². The Morgan fingerprint density at radius 3 is 2.44 bits per heavy atom. The summed E-state index contributed by atoms with van der Waals surface area (Å²) in [6.45, 7) is 1.12. The summed E-state index contributed by atoms with van der Waals surface area (Å²) in [7, 11) is 0. The number of benzene rings is 1. The van der Waals surface area contributed by atoms with Crippen molar-refractivity contribution in [3.8, 4) is 0 Å². The van der Waals surface area contributed by atoms with Crippen LogP contribution in [0.25, 0.3) is 0 Å². The van der Waals surface area contributed by atoms with E-state index >= 15 is 0 Å². The zero-order valence-electron chi connectivity index (χ0n) is 8.83. The largest absolute Gasteiger partial charge is 0.414 e. The van der Waals surface area contributed by atoms with Crippen molar-refractivity contribution >= 4 is 11.8 Å². The molecule has 5 heteroatoms. The fourth-order valence-corrected chi connectivity index (χ4v) is 1.76. The molecule has 0 N–H and O–H groups in total. The molecule has 0 fully saturated rings. The zero-order chi connectivity index (χ0) is 12.0. The molecule has 0 saturated carbocycles. The molecule has 0 aliphatic rings. The molecule has 1 nitrogen and oxygen atoms in total. The number of hydrogen-bond donors (Lipinski definition) is 0. The molecular weight excluding hydrogens is 237 g/mol. The molecule has 1 unspecified atom stereocenters. The number of alkyl halides is 3. The second-order valence-electron chi connectivity index (χ2n) is 3.22. The van der Waals surface area contributed by atoms with E-state index in [1.165, 1.54) is 11.8 Å². The lowest BCUT2D eigenvalue weighted by molar-refractivity contribution is -0.212. The van der Waals surface area contributed by atoms with Crippen LogP contribution in [-0.4, -0.2) is 24.6 Å². The smallest absolute Gasteiger partial charge is 0.368 e. The molecule has 0 aliphatic carbocycles. The van der Waals surface area contributed by atoms with Gasteiger partial charge < -0.3 is 4.74 Å². The topological polar surface area (TPSA) is 9.23 Å². The normalized spacial score (nSPS) is 13.8. The van der Waals surface area contributed by atoms with Crippen molar-refractivity contribution in [1.82, 2.24) is 0 Å². The third-order valence-corrected chi connectivity index (χ3v) is 2.90. The molecule has 1 aromatic rings. The van der Waals surface area contributed by atoms with Gasteiger partial charge in [0.05, 0.1) is 6.61 Å². The van der Waals surface area contributed by atoms with E-state index in [-0.39, 0.29) is 6.61 Å². The molecule has 0 aromatic heterocycles. The Labute approximate surface area is 97.0 Å². The molecule has 0 aliphatic heterocycles. The highest BCUT2D eigenvalue weighted by molar-refractivity contribution is 7.99. The van der Waals surface area contributed by atoms with E-state index in [1.807, 2.05) is 30.3 Å². The van der Waals surface area contributed by atoms with Crippen molar-refractivity contribution < 1.29 is 17.9 Å². The number of halogens is 3. The summed E-state index contributed by atoms with van der Waals surface area (Å²) in [6.07, 6.45) is -5.96. The van der Waals surface area contributed by atoms with Crippen LogP contribution in [0.4, 0.5) is 13.2 Å². The lowest BCUT2D eigenvalue weighted by atomic mass is 10.4. The SMILES string of the molecule is CC(OCCSc1ccccc1)C(F)(F)F. The first-order chi connectivity index (χ1) is 7.50. The van der Waals surface area contributed by atoms with Gasteiger partial charge in [0.15, 0.2) is 6.10 Å². The van der Waals surface area contributed by atoms with Gasteiger partial charge in [0.25, 0.3) is 0 Å². The van der Waals surface area contributed by atoms with Gasteiger partial charge in [-0.05, 0) is 19.1 Å². The Morgan fingerprint density at radius 2 is 1.88 bits per heavy atom. The Bertz CT molecular complexity index is 300. The van der Waals surface area contributed by atoms with Gasteiger partial charge in [0, 0.05) is 10.6 Å². The van der Waals surface area contributed by atoms with Crippen molar-refractivity contribution in [3.63, 3.8) is 0 Å². The van der Waals surface area contributed by atoms with Gasteiger partial charge in [0.1, 0.15) is 0 Å². The molecule has 0 radical (unpaired) electrons. The summed E-state index contributed by atoms with van der Waals surface area (Å²) in [5.74, 6) is 0.518. The Hall–Kier alpha value is -0.680. The molecule has 0 spiro atoms. The van der Waals surface area contributed by atoms with Crippen molar-refractivity contribution in [2.75, 3.05) is 12.4 Å². The molecule has 16 heavy (non-hydrogen) atoms. The van der Waals surface area contributed by atoms with Gasteiger partial charge in [-0.3, -0.25) is 0 Å². The van der Waals surface area contributed by atoms with Crippen LogP contribution in [-0.2, 0) is 4.74 Å². The van der Waals surface area contributed by atoms with Crippen molar-refractivity contribution in [1.29, 1.82) is 0 Å². The van der Waals surface area contributed by atoms with Gasteiger partial charge in [-0.15, -0.1) is 11.8 Å². The summed E-state index contributed by atoms with van der Waals surface area (Å²) >= 11 is 1.48. The van der Waals surface area contributed by atoms with Crippen LogP contribution in [0.15, 0.2) is 35.2 Å². The molecule has 90 valence electrons. The zero-order valence-corrected chi connectivity index (χ0v) is 9.65. The average molecular weight is 250 g/mol. The number of thioether (sulfide) groups is 1. The minimum absolute atomic E-state index is 0.0975. The van der Waals surface area contributed by atoms with Gasteiger partial charge in [0.2, 0.25) is 0 Å². The second kappa shape index (κ2) is 6.15. The Balaban J connectivity index is 2.18. The lowest BCUT2D eigenvalue weighted by Gasteiger charge is -2.15. The molecule has 1 rings (SSSR count). The molecule has 0 heterocycles. The summed E-state index contributed by atoms with van der Waals surface area (Å²) in [5.41, 5.74) is 0. The molecule has 0 bridgehead atoms. The highest BCUT2D eigenvalue weighted by Gasteiger charge is 2.36. The molecule has 0 saturated heterocycles. The molecule has 1 aromatic carbocycles. The Morgan fingerprint density at radius 1 is 1.25 bits per heavy atom. The minimum atomic E-state index is -4.27. The van der Waals surface area contributed by atoms with E-state index in [2.05, 4.69) is 4.74 Å². The fourth-order valence-electron chi connectivity index (χ4n) is 0.996. The van der Waals surface area contributed by atoms with E-state index in [9.17, 15) is 13.2 Å². The lowest BCUT2D eigenvalue weighted by Crippen LogP contribution is -2.29. The summed E-state index contributed by atoms with van der Waals surface area (Å²) in [5, 5.41) is 0. The molecule has 1 atom stereocenters. The van der Waals surface area contributed by atoms with Gasteiger partial charge in [-0.1, -0.05) is 18.2 Å². The molecule has 0 amide bonds.